The number of hydrogen-bond acceptors (Lipinski definition) is 4. The van der Waals surface area contributed by atoms with Crippen LogP contribution in [0.5, 0.6) is 0 Å². The third-order valence-corrected chi connectivity index (χ3v) is 6.05. The summed E-state index contributed by atoms with van der Waals surface area (Å²) in [4.78, 5) is 12.2. The van der Waals surface area contributed by atoms with Crippen molar-refractivity contribution >= 4 is 23.4 Å². The van der Waals surface area contributed by atoms with Gasteiger partial charge in [-0.2, -0.15) is 0 Å². The van der Waals surface area contributed by atoms with Gasteiger partial charge in [0, 0.05) is 18.7 Å². The second kappa shape index (κ2) is 8.71. The fourth-order valence-corrected chi connectivity index (χ4v) is 4.16. The first-order chi connectivity index (χ1) is 12.5. The molecule has 1 N–H and O–H groups in total. The molecule has 1 saturated carbocycles. The molecule has 1 aromatic heterocycles. The number of hydrogen-bond donors (Lipinski definition) is 1. The van der Waals surface area contributed by atoms with Crippen molar-refractivity contribution in [1.82, 2.24) is 14.8 Å². The molecule has 140 valence electrons. The van der Waals surface area contributed by atoms with Crippen molar-refractivity contribution in [1.29, 1.82) is 0 Å². The molecule has 1 aromatic carbocycles. The number of amides is 1. The Bertz CT molecular complexity index is 733. The molecule has 0 aliphatic heterocycles. The number of carbonyl (C=O) groups is 1. The van der Waals surface area contributed by atoms with Crippen LogP contribution in [0.3, 0.4) is 0 Å². The average molecular weight is 373 g/mol. The molecular weight excluding hydrogens is 344 g/mol. The molecule has 5 nitrogen and oxygen atoms in total. The first-order valence-corrected chi connectivity index (χ1v) is 10.4. The molecule has 26 heavy (non-hydrogen) atoms. The number of nitrogens with one attached hydrogen (secondary N) is 1. The average Bonchev–Trinajstić information content (AvgIpc) is 3.02. The minimum Gasteiger partial charge on any atom is -0.325 e. The fourth-order valence-electron chi connectivity index (χ4n) is 3.45. The molecule has 1 aliphatic carbocycles. The lowest BCUT2D eigenvalue weighted by atomic mass is 9.89. The van der Waals surface area contributed by atoms with Crippen molar-refractivity contribution in [2.24, 2.45) is 7.05 Å². The van der Waals surface area contributed by atoms with Crippen LogP contribution in [-0.2, 0) is 11.8 Å². The maximum absolute atomic E-state index is 12.2. The van der Waals surface area contributed by atoms with Gasteiger partial charge < -0.3 is 9.88 Å². The van der Waals surface area contributed by atoms with E-state index in [0.717, 1.165) is 16.7 Å². The lowest BCUT2D eigenvalue weighted by molar-refractivity contribution is -0.113. The van der Waals surface area contributed by atoms with Gasteiger partial charge in [-0.1, -0.05) is 57.0 Å². The SMILES string of the molecule is CC(C)c1ccc(NC(=O)CSc2nnc(C3CCCCC3)n2C)cc1. The molecule has 1 fully saturated rings. The summed E-state index contributed by atoms with van der Waals surface area (Å²) in [5.41, 5.74) is 2.10. The lowest BCUT2D eigenvalue weighted by Gasteiger charge is -2.20. The summed E-state index contributed by atoms with van der Waals surface area (Å²) >= 11 is 1.44. The molecule has 1 aliphatic rings. The number of aromatic nitrogens is 3. The third kappa shape index (κ3) is 4.67. The molecule has 0 bridgehead atoms. The van der Waals surface area contributed by atoms with Crippen LogP contribution in [0.15, 0.2) is 29.4 Å². The topological polar surface area (TPSA) is 59.8 Å². The van der Waals surface area contributed by atoms with Crippen LogP contribution < -0.4 is 5.32 Å². The lowest BCUT2D eigenvalue weighted by Crippen LogP contribution is -2.15. The quantitative estimate of drug-likeness (QED) is 0.746. The summed E-state index contributed by atoms with van der Waals surface area (Å²) in [5, 5.41) is 12.5. The highest BCUT2D eigenvalue weighted by Gasteiger charge is 2.22. The van der Waals surface area contributed by atoms with Gasteiger partial charge in [-0.15, -0.1) is 10.2 Å². The third-order valence-electron chi connectivity index (χ3n) is 5.03. The highest BCUT2D eigenvalue weighted by Crippen LogP contribution is 2.32. The molecule has 3 rings (SSSR count). The van der Waals surface area contributed by atoms with Crippen molar-refractivity contribution in [3.05, 3.63) is 35.7 Å². The van der Waals surface area contributed by atoms with Crippen LogP contribution >= 0.6 is 11.8 Å². The molecule has 1 heterocycles. The molecule has 0 spiro atoms. The predicted octanol–water partition coefficient (Wildman–Crippen LogP) is 4.72. The second-order valence-corrected chi connectivity index (χ2v) is 8.29. The second-order valence-electron chi connectivity index (χ2n) is 7.35. The summed E-state index contributed by atoms with van der Waals surface area (Å²) in [7, 11) is 2.01. The molecule has 6 heteroatoms. The Hall–Kier alpha value is -1.82. The maximum atomic E-state index is 12.2. The van der Waals surface area contributed by atoms with E-state index < -0.39 is 0 Å². The van der Waals surface area contributed by atoms with Crippen LogP contribution in [0, 0.1) is 0 Å². The number of rotatable bonds is 6. The van der Waals surface area contributed by atoms with Crippen molar-refractivity contribution in [2.45, 2.75) is 62.9 Å². The number of thioether (sulfide) groups is 1. The molecule has 2 aromatic rings. The van der Waals surface area contributed by atoms with Crippen molar-refractivity contribution < 1.29 is 4.79 Å². The van der Waals surface area contributed by atoms with Gasteiger partial charge in [0.15, 0.2) is 5.16 Å². The van der Waals surface area contributed by atoms with E-state index in [1.54, 1.807) is 0 Å². The largest absolute Gasteiger partial charge is 0.325 e. The Balaban J connectivity index is 1.53. The zero-order chi connectivity index (χ0) is 18.5. The minimum absolute atomic E-state index is 0.0190. The molecule has 0 atom stereocenters. The van der Waals surface area contributed by atoms with Crippen LogP contribution in [0.2, 0.25) is 0 Å². The number of carbonyl (C=O) groups excluding carboxylic acids is 1. The highest BCUT2D eigenvalue weighted by atomic mass is 32.2. The number of anilines is 1. The highest BCUT2D eigenvalue weighted by molar-refractivity contribution is 7.99. The molecule has 0 unspecified atom stereocenters. The fraction of sp³-hybridized carbons (Fsp3) is 0.550. The van der Waals surface area contributed by atoms with Gasteiger partial charge in [0.2, 0.25) is 5.91 Å². The first kappa shape index (κ1) is 19.0. The Morgan fingerprint density at radius 3 is 2.54 bits per heavy atom. The van der Waals surface area contributed by atoms with Crippen LogP contribution in [0.25, 0.3) is 0 Å². The Kier molecular flexibility index (Phi) is 6.35. The van der Waals surface area contributed by atoms with E-state index in [1.807, 2.05) is 19.2 Å². The summed E-state index contributed by atoms with van der Waals surface area (Å²) in [6, 6.07) is 8.04. The molecular formula is C20H28N4OS. The summed E-state index contributed by atoms with van der Waals surface area (Å²) in [6.45, 7) is 4.32. The smallest absolute Gasteiger partial charge is 0.234 e. The van der Waals surface area contributed by atoms with Gasteiger partial charge in [-0.25, -0.2) is 0 Å². The standard InChI is InChI=1S/C20H28N4OS/c1-14(2)15-9-11-17(12-10-15)21-18(25)13-26-20-23-22-19(24(20)3)16-7-5-4-6-8-16/h9-12,14,16H,4-8,13H2,1-3H3,(H,21,25). The van der Waals surface area contributed by atoms with Gasteiger partial charge >= 0.3 is 0 Å². The van der Waals surface area contributed by atoms with E-state index in [9.17, 15) is 4.79 Å². The molecule has 0 radical (unpaired) electrons. The van der Waals surface area contributed by atoms with Crippen LogP contribution in [-0.4, -0.2) is 26.4 Å². The summed E-state index contributed by atoms with van der Waals surface area (Å²) in [6.07, 6.45) is 6.28. The van der Waals surface area contributed by atoms with Crippen molar-refractivity contribution in [2.75, 3.05) is 11.1 Å². The van der Waals surface area contributed by atoms with Crippen molar-refractivity contribution in [3.8, 4) is 0 Å². The van der Waals surface area contributed by atoms with E-state index in [4.69, 9.17) is 0 Å². The first-order valence-electron chi connectivity index (χ1n) is 9.46. The zero-order valence-electron chi connectivity index (χ0n) is 15.9. The molecule has 0 saturated heterocycles. The number of nitrogens with zero attached hydrogens (tertiary/aromatic N) is 3. The van der Waals surface area contributed by atoms with Gasteiger partial charge in [0.1, 0.15) is 5.82 Å². The van der Waals surface area contributed by atoms with Crippen LogP contribution in [0.4, 0.5) is 5.69 Å². The van der Waals surface area contributed by atoms with Gasteiger partial charge in [0.05, 0.1) is 5.75 Å². The van der Waals surface area contributed by atoms with Gasteiger partial charge in [0.25, 0.3) is 0 Å². The van der Waals surface area contributed by atoms with E-state index in [2.05, 4.69) is 46.1 Å². The maximum Gasteiger partial charge on any atom is 0.234 e. The van der Waals surface area contributed by atoms with E-state index in [-0.39, 0.29) is 5.91 Å². The Morgan fingerprint density at radius 1 is 1.19 bits per heavy atom. The van der Waals surface area contributed by atoms with Crippen molar-refractivity contribution in [3.63, 3.8) is 0 Å². The van der Waals surface area contributed by atoms with Gasteiger partial charge in [-0.3, -0.25) is 4.79 Å². The zero-order valence-corrected chi connectivity index (χ0v) is 16.7. The number of benzene rings is 1. The Labute approximate surface area is 160 Å². The summed E-state index contributed by atoms with van der Waals surface area (Å²) < 4.78 is 2.06. The van der Waals surface area contributed by atoms with E-state index >= 15 is 0 Å². The monoisotopic (exact) mass is 372 g/mol. The predicted molar refractivity (Wildman–Crippen MR) is 107 cm³/mol. The Morgan fingerprint density at radius 2 is 1.88 bits per heavy atom. The minimum atomic E-state index is -0.0190. The van der Waals surface area contributed by atoms with E-state index in [1.165, 1.54) is 49.4 Å². The van der Waals surface area contributed by atoms with Gasteiger partial charge in [-0.05, 0) is 36.5 Å². The van der Waals surface area contributed by atoms with E-state index in [0.29, 0.717) is 17.6 Å². The van der Waals surface area contributed by atoms with Crippen LogP contribution in [0.1, 0.15) is 69.2 Å². The molecule has 1 amide bonds. The normalized spacial score (nSPS) is 15.4. The summed E-state index contributed by atoms with van der Waals surface area (Å²) in [5.74, 6) is 2.39.